The number of rotatable bonds is 3. The third-order valence-corrected chi connectivity index (χ3v) is 3.83. The first-order valence-corrected chi connectivity index (χ1v) is 7.41. The van der Waals surface area contributed by atoms with Crippen LogP contribution < -0.4 is 4.90 Å². The molecule has 0 aromatic carbocycles. The molecule has 114 valence electrons. The molecule has 0 bridgehead atoms. The van der Waals surface area contributed by atoms with E-state index in [1.165, 1.54) is 0 Å². The van der Waals surface area contributed by atoms with Crippen molar-refractivity contribution >= 4 is 11.8 Å². The molecule has 6 nitrogen and oxygen atoms in total. The van der Waals surface area contributed by atoms with E-state index in [2.05, 4.69) is 15.0 Å². The third-order valence-electron chi connectivity index (χ3n) is 3.83. The molecule has 1 N–H and O–H groups in total. The number of pyridine rings is 1. The topological polar surface area (TPSA) is 79.2 Å². The highest BCUT2D eigenvalue weighted by Gasteiger charge is 2.29. The van der Waals surface area contributed by atoms with Crippen LogP contribution in [0.2, 0.25) is 0 Å². The molecule has 3 heterocycles. The lowest BCUT2D eigenvalue weighted by Gasteiger charge is -2.34. The molecule has 2 aromatic heterocycles. The maximum Gasteiger partial charge on any atom is 0.326 e. The van der Waals surface area contributed by atoms with Gasteiger partial charge in [0.15, 0.2) is 0 Å². The number of aromatic nitrogens is 3. The number of nitrogens with zero attached hydrogens (tertiary/aromatic N) is 4. The van der Waals surface area contributed by atoms with E-state index >= 15 is 0 Å². The first kappa shape index (κ1) is 14.4. The molecule has 0 saturated carbocycles. The van der Waals surface area contributed by atoms with E-state index in [1.807, 2.05) is 36.1 Å². The van der Waals surface area contributed by atoms with E-state index in [1.54, 1.807) is 6.20 Å². The highest BCUT2D eigenvalue weighted by molar-refractivity contribution is 5.78. The smallest absolute Gasteiger partial charge is 0.326 e. The lowest BCUT2D eigenvalue weighted by Crippen LogP contribution is -2.45. The van der Waals surface area contributed by atoms with Crippen molar-refractivity contribution in [2.45, 2.75) is 32.2 Å². The molecular weight excluding hydrogens is 280 g/mol. The lowest BCUT2D eigenvalue weighted by atomic mass is 10.0. The van der Waals surface area contributed by atoms with Crippen molar-refractivity contribution in [3.8, 4) is 11.4 Å². The molecule has 0 radical (unpaired) electrons. The van der Waals surface area contributed by atoms with E-state index in [4.69, 9.17) is 0 Å². The minimum Gasteiger partial charge on any atom is -0.480 e. The van der Waals surface area contributed by atoms with Crippen LogP contribution in [0.1, 0.15) is 25.1 Å². The van der Waals surface area contributed by atoms with E-state index in [9.17, 15) is 9.90 Å². The number of aliphatic carboxylic acids is 1. The highest BCUT2D eigenvalue weighted by atomic mass is 16.4. The fraction of sp³-hybridized carbons (Fsp3) is 0.375. The average Bonchev–Trinajstić information content (AvgIpc) is 2.55. The van der Waals surface area contributed by atoms with E-state index in [0.29, 0.717) is 24.6 Å². The van der Waals surface area contributed by atoms with Gasteiger partial charge in [0.25, 0.3) is 0 Å². The predicted molar refractivity (Wildman–Crippen MR) is 82.6 cm³/mol. The summed E-state index contributed by atoms with van der Waals surface area (Å²) >= 11 is 0. The monoisotopic (exact) mass is 298 g/mol. The van der Waals surface area contributed by atoms with E-state index in [-0.39, 0.29) is 0 Å². The molecule has 22 heavy (non-hydrogen) atoms. The quantitative estimate of drug-likeness (QED) is 0.936. The first-order valence-electron chi connectivity index (χ1n) is 7.41. The van der Waals surface area contributed by atoms with Crippen molar-refractivity contribution in [3.63, 3.8) is 0 Å². The Morgan fingerprint density at radius 2 is 2.14 bits per heavy atom. The average molecular weight is 298 g/mol. The number of hydrogen-bond donors (Lipinski definition) is 1. The van der Waals surface area contributed by atoms with Crippen LogP contribution in [-0.2, 0) is 4.79 Å². The normalized spacial score (nSPS) is 18.2. The number of aryl methyl sites for hydroxylation is 1. The summed E-state index contributed by atoms with van der Waals surface area (Å²) in [4.78, 5) is 26.5. The number of carboxylic acids is 1. The second-order valence-corrected chi connectivity index (χ2v) is 5.42. The molecule has 0 amide bonds. The fourth-order valence-electron chi connectivity index (χ4n) is 2.81. The van der Waals surface area contributed by atoms with E-state index in [0.717, 1.165) is 24.2 Å². The van der Waals surface area contributed by atoms with Gasteiger partial charge in [0.05, 0.1) is 11.4 Å². The van der Waals surface area contributed by atoms with Crippen molar-refractivity contribution in [2.24, 2.45) is 0 Å². The summed E-state index contributed by atoms with van der Waals surface area (Å²) in [5, 5.41) is 9.43. The molecular formula is C16H18N4O2. The van der Waals surface area contributed by atoms with Crippen molar-refractivity contribution in [2.75, 3.05) is 11.4 Å². The highest BCUT2D eigenvalue weighted by Crippen LogP contribution is 2.26. The SMILES string of the molecule is Cc1nc(-c2ccccn2)cc(N2CCCCC2C(=O)O)n1. The van der Waals surface area contributed by atoms with Gasteiger partial charge in [-0.3, -0.25) is 4.98 Å². The molecule has 0 spiro atoms. The molecule has 1 atom stereocenters. The number of carbonyl (C=O) groups is 1. The summed E-state index contributed by atoms with van der Waals surface area (Å²) < 4.78 is 0. The van der Waals surface area contributed by atoms with Crippen LogP contribution in [0.15, 0.2) is 30.5 Å². The fourth-order valence-corrected chi connectivity index (χ4v) is 2.81. The summed E-state index contributed by atoms with van der Waals surface area (Å²) in [5.41, 5.74) is 1.48. The second-order valence-electron chi connectivity index (χ2n) is 5.42. The van der Waals surface area contributed by atoms with Crippen LogP contribution in [-0.4, -0.2) is 38.6 Å². The summed E-state index contributed by atoms with van der Waals surface area (Å²) in [6, 6.07) is 6.95. The zero-order chi connectivity index (χ0) is 15.5. The second kappa shape index (κ2) is 6.09. The Kier molecular flexibility index (Phi) is 4.00. The van der Waals surface area contributed by atoms with Crippen molar-refractivity contribution in [1.82, 2.24) is 15.0 Å². The zero-order valence-electron chi connectivity index (χ0n) is 12.4. The first-order chi connectivity index (χ1) is 10.6. The van der Waals surface area contributed by atoms with Gasteiger partial charge in [-0.15, -0.1) is 0 Å². The number of anilines is 1. The molecule has 3 rings (SSSR count). The van der Waals surface area contributed by atoms with Crippen molar-refractivity contribution in [3.05, 3.63) is 36.3 Å². The Bertz CT molecular complexity index is 675. The zero-order valence-corrected chi connectivity index (χ0v) is 12.4. The van der Waals surface area contributed by atoms with Crippen molar-refractivity contribution < 1.29 is 9.90 Å². The number of carboxylic acid groups (broad SMARTS) is 1. The maximum atomic E-state index is 11.5. The minimum atomic E-state index is -0.796. The Labute approximate surface area is 128 Å². The van der Waals surface area contributed by atoms with Crippen LogP contribution in [0.3, 0.4) is 0 Å². The molecule has 1 aliphatic rings. The molecule has 1 unspecified atom stereocenters. The van der Waals surface area contributed by atoms with Gasteiger partial charge in [0.1, 0.15) is 17.7 Å². The standard InChI is InChI=1S/C16H18N4O2/c1-11-18-13(12-6-2-4-8-17-12)10-15(19-11)20-9-5-3-7-14(20)16(21)22/h2,4,6,8,10,14H,3,5,7,9H2,1H3,(H,21,22). The summed E-state index contributed by atoms with van der Waals surface area (Å²) in [6.45, 7) is 2.52. The largest absolute Gasteiger partial charge is 0.480 e. The maximum absolute atomic E-state index is 11.5. The minimum absolute atomic E-state index is 0.514. The summed E-state index contributed by atoms with van der Waals surface area (Å²) in [7, 11) is 0. The van der Waals surface area contributed by atoms with Crippen LogP contribution in [0.4, 0.5) is 5.82 Å². The lowest BCUT2D eigenvalue weighted by molar-refractivity contribution is -0.139. The van der Waals surface area contributed by atoms with Gasteiger partial charge < -0.3 is 10.0 Å². The Hall–Kier alpha value is -2.50. The summed E-state index contributed by atoms with van der Waals surface area (Å²) in [5.74, 6) is 0.489. The Balaban J connectivity index is 2.00. The Morgan fingerprint density at radius 3 is 2.86 bits per heavy atom. The van der Waals surface area contributed by atoms with Gasteiger partial charge in [-0.25, -0.2) is 14.8 Å². The van der Waals surface area contributed by atoms with E-state index < -0.39 is 12.0 Å². The van der Waals surface area contributed by atoms with Gasteiger partial charge in [-0.2, -0.15) is 0 Å². The van der Waals surface area contributed by atoms with Crippen LogP contribution in [0, 0.1) is 6.92 Å². The number of hydrogen-bond acceptors (Lipinski definition) is 5. The molecule has 2 aromatic rings. The van der Waals surface area contributed by atoms with Gasteiger partial charge in [0, 0.05) is 18.8 Å². The van der Waals surface area contributed by atoms with Gasteiger partial charge in [-0.05, 0) is 38.3 Å². The number of piperidine rings is 1. The Morgan fingerprint density at radius 1 is 1.27 bits per heavy atom. The molecule has 0 aliphatic carbocycles. The van der Waals surface area contributed by atoms with Crippen LogP contribution >= 0.6 is 0 Å². The van der Waals surface area contributed by atoms with Gasteiger partial charge in [0.2, 0.25) is 0 Å². The van der Waals surface area contributed by atoms with Crippen LogP contribution in [0.5, 0.6) is 0 Å². The van der Waals surface area contributed by atoms with Gasteiger partial charge in [-0.1, -0.05) is 6.07 Å². The van der Waals surface area contributed by atoms with Crippen molar-refractivity contribution in [1.29, 1.82) is 0 Å². The predicted octanol–water partition coefficient (Wildman–Crippen LogP) is 2.29. The molecule has 1 fully saturated rings. The molecule has 1 saturated heterocycles. The van der Waals surface area contributed by atoms with Gasteiger partial charge >= 0.3 is 5.97 Å². The third kappa shape index (κ3) is 2.90. The summed E-state index contributed by atoms with van der Waals surface area (Å²) in [6.07, 6.45) is 4.28. The molecule has 1 aliphatic heterocycles. The van der Waals surface area contributed by atoms with Crippen LogP contribution in [0.25, 0.3) is 11.4 Å². The molecule has 6 heteroatoms.